The van der Waals surface area contributed by atoms with Gasteiger partial charge in [-0.05, 0) is 31.3 Å². The molecule has 72 valence electrons. The Morgan fingerprint density at radius 2 is 2.21 bits per heavy atom. The van der Waals surface area contributed by atoms with Crippen LogP contribution in [0.1, 0.15) is 5.69 Å². The molecule has 0 aromatic carbocycles. The van der Waals surface area contributed by atoms with Crippen molar-refractivity contribution in [2.45, 2.75) is 6.92 Å². The van der Waals surface area contributed by atoms with Gasteiger partial charge in [0.15, 0.2) is 3.95 Å². The number of fused-ring (bicyclic) bond motifs is 1. The Bertz CT molecular complexity index is 612. The van der Waals surface area contributed by atoms with Gasteiger partial charge in [-0.1, -0.05) is 11.3 Å². The number of nitrogens with zero attached hydrogens (tertiary/aromatic N) is 2. The minimum Gasteiger partial charge on any atom is -0.294 e. The molecule has 3 nitrogen and oxygen atoms in total. The molecule has 0 aliphatic carbocycles. The number of aryl methyl sites for hydroxylation is 1. The van der Waals surface area contributed by atoms with E-state index < -0.39 is 0 Å². The molecule has 0 spiro atoms. The van der Waals surface area contributed by atoms with E-state index in [2.05, 4.69) is 4.98 Å². The van der Waals surface area contributed by atoms with Gasteiger partial charge in [-0.25, -0.2) is 4.98 Å². The molecule has 0 saturated carbocycles. The molecule has 2 aromatic heterocycles. The van der Waals surface area contributed by atoms with Crippen LogP contribution in [0.15, 0.2) is 16.9 Å². The minimum absolute atomic E-state index is 0.0729. The first kappa shape index (κ1) is 9.48. The molecule has 0 N–H and O–H groups in total. The monoisotopic (exact) mass is 224 g/mol. The summed E-state index contributed by atoms with van der Waals surface area (Å²) in [5.41, 5.74) is 0.827. The average molecular weight is 224 g/mol. The van der Waals surface area contributed by atoms with Crippen LogP contribution in [0.5, 0.6) is 0 Å². The molecule has 0 atom stereocenters. The van der Waals surface area contributed by atoms with E-state index in [0.29, 0.717) is 9.34 Å². The van der Waals surface area contributed by atoms with E-state index >= 15 is 0 Å². The van der Waals surface area contributed by atoms with Crippen LogP contribution in [0.3, 0.4) is 0 Å². The van der Waals surface area contributed by atoms with E-state index in [-0.39, 0.29) is 5.56 Å². The summed E-state index contributed by atoms with van der Waals surface area (Å²) in [7, 11) is 1.68. The quantitative estimate of drug-likeness (QED) is 0.642. The third-order valence-corrected chi connectivity index (χ3v) is 3.47. The lowest BCUT2D eigenvalue weighted by Gasteiger charge is -2.00. The van der Waals surface area contributed by atoms with Crippen molar-refractivity contribution in [3.63, 3.8) is 0 Å². The molecule has 5 heteroatoms. The first-order chi connectivity index (χ1) is 6.59. The van der Waals surface area contributed by atoms with Gasteiger partial charge in [-0.15, -0.1) is 0 Å². The van der Waals surface area contributed by atoms with Gasteiger partial charge < -0.3 is 0 Å². The Kier molecular flexibility index (Phi) is 2.20. The molecule has 0 saturated heterocycles. The Morgan fingerprint density at radius 1 is 1.50 bits per heavy atom. The first-order valence-electron chi connectivity index (χ1n) is 4.07. The molecule has 2 aromatic rings. The highest BCUT2D eigenvalue weighted by molar-refractivity contribution is 7.73. The summed E-state index contributed by atoms with van der Waals surface area (Å²) in [4.78, 5) is 16.7. The predicted molar refractivity (Wildman–Crippen MR) is 60.4 cm³/mol. The molecule has 0 radical (unpaired) electrons. The van der Waals surface area contributed by atoms with Gasteiger partial charge in [-0.2, -0.15) is 0 Å². The Labute approximate surface area is 89.7 Å². The van der Waals surface area contributed by atoms with E-state index in [1.807, 2.05) is 13.0 Å². The van der Waals surface area contributed by atoms with Crippen LogP contribution in [0.2, 0.25) is 0 Å². The molecule has 14 heavy (non-hydrogen) atoms. The van der Waals surface area contributed by atoms with Gasteiger partial charge >= 0.3 is 0 Å². The zero-order valence-corrected chi connectivity index (χ0v) is 9.41. The predicted octanol–water partition coefficient (Wildman–Crippen LogP) is 2.03. The highest BCUT2D eigenvalue weighted by Crippen LogP contribution is 2.13. The van der Waals surface area contributed by atoms with Crippen molar-refractivity contribution in [1.82, 2.24) is 9.55 Å². The molecule has 2 heterocycles. The molecule has 2 rings (SSSR count). The SMILES string of the molecule is Cc1ccc2c(=O)n(C)c(=S)sc2n1. The summed E-state index contributed by atoms with van der Waals surface area (Å²) in [6.07, 6.45) is 0. The molecule has 0 fully saturated rings. The van der Waals surface area contributed by atoms with Crippen LogP contribution in [0, 0.1) is 10.9 Å². The van der Waals surface area contributed by atoms with Gasteiger partial charge in [0.25, 0.3) is 5.56 Å². The average Bonchev–Trinajstić information content (AvgIpc) is 2.14. The maximum absolute atomic E-state index is 11.7. The van der Waals surface area contributed by atoms with Crippen molar-refractivity contribution >= 4 is 33.8 Å². The van der Waals surface area contributed by atoms with Crippen molar-refractivity contribution in [2.24, 2.45) is 7.05 Å². The van der Waals surface area contributed by atoms with E-state index in [1.165, 1.54) is 15.9 Å². The van der Waals surface area contributed by atoms with Crippen LogP contribution in [-0.4, -0.2) is 9.55 Å². The van der Waals surface area contributed by atoms with Crippen molar-refractivity contribution in [2.75, 3.05) is 0 Å². The summed E-state index contributed by atoms with van der Waals surface area (Å²) >= 11 is 6.42. The number of aromatic nitrogens is 2. The Morgan fingerprint density at radius 3 is 2.93 bits per heavy atom. The lowest BCUT2D eigenvalue weighted by Crippen LogP contribution is -2.16. The Balaban J connectivity index is 3.06. The lowest BCUT2D eigenvalue weighted by atomic mass is 10.3. The van der Waals surface area contributed by atoms with E-state index in [9.17, 15) is 4.79 Å². The highest BCUT2D eigenvalue weighted by atomic mass is 32.1. The van der Waals surface area contributed by atoms with Crippen molar-refractivity contribution in [1.29, 1.82) is 0 Å². The molecule has 0 aliphatic rings. The number of hydrogen-bond donors (Lipinski definition) is 0. The van der Waals surface area contributed by atoms with Crippen LogP contribution in [-0.2, 0) is 7.05 Å². The topological polar surface area (TPSA) is 34.9 Å². The minimum atomic E-state index is -0.0729. The maximum atomic E-state index is 11.7. The van der Waals surface area contributed by atoms with E-state index in [0.717, 1.165) is 10.5 Å². The largest absolute Gasteiger partial charge is 0.294 e. The lowest BCUT2D eigenvalue weighted by molar-refractivity contribution is 0.874. The number of pyridine rings is 1. The van der Waals surface area contributed by atoms with Crippen molar-refractivity contribution in [3.8, 4) is 0 Å². The fourth-order valence-electron chi connectivity index (χ4n) is 1.19. The van der Waals surface area contributed by atoms with Gasteiger partial charge in [-0.3, -0.25) is 9.36 Å². The van der Waals surface area contributed by atoms with E-state index in [1.54, 1.807) is 13.1 Å². The molecule has 0 bridgehead atoms. The molecule has 0 aliphatic heterocycles. The zero-order valence-electron chi connectivity index (χ0n) is 7.77. The molecule has 0 unspecified atom stereocenters. The fraction of sp³-hybridized carbons (Fsp3) is 0.222. The smallest absolute Gasteiger partial charge is 0.262 e. The summed E-state index contributed by atoms with van der Waals surface area (Å²) in [6.45, 7) is 1.90. The molecular weight excluding hydrogens is 216 g/mol. The molecular formula is C9H8N2OS2. The van der Waals surface area contributed by atoms with Crippen molar-refractivity contribution < 1.29 is 0 Å². The third kappa shape index (κ3) is 1.38. The van der Waals surface area contributed by atoms with Crippen LogP contribution in [0.4, 0.5) is 0 Å². The fourth-order valence-corrected chi connectivity index (χ4v) is 2.35. The first-order valence-corrected chi connectivity index (χ1v) is 5.29. The Hall–Kier alpha value is -1.07. The van der Waals surface area contributed by atoms with Gasteiger partial charge in [0.2, 0.25) is 0 Å². The van der Waals surface area contributed by atoms with Crippen LogP contribution in [0.25, 0.3) is 10.2 Å². The number of hydrogen-bond acceptors (Lipinski definition) is 4. The van der Waals surface area contributed by atoms with Gasteiger partial charge in [0, 0.05) is 12.7 Å². The van der Waals surface area contributed by atoms with Crippen LogP contribution >= 0.6 is 23.6 Å². The second kappa shape index (κ2) is 3.25. The number of rotatable bonds is 0. The van der Waals surface area contributed by atoms with Gasteiger partial charge in [0.1, 0.15) is 4.83 Å². The van der Waals surface area contributed by atoms with Crippen molar-refractivity contribution in [3.05, 3.63) is 32.1 Å². The second-order valence-corrected chi connectivity index (χ2v) is 4.66. The normalized spacial score (nSPS) is 10.7. The molecule has 0 amide bonds. The zero-order chi connectivity index (χ0) is 10.3. The summed E-state index contributed by atoms with van der Waals surface area (Å²) in [5.74, 6) is 0. The maximum Gasteiger partial charge on any atom is 0.262 e. The van der Waals surface area contributed by atoms with Gasteiger partial charge in [0.05, 0.1) is 5.39 Å². The second-order valence-electron chi connectivity index (χ2n) is 3.04. The standard InChI is InChI=1S/C9H8N2OS2/c1-5-3-4-6-7(10-5)14-9(13)11(2)8(6)12/h3-4H,1-2H3. The third-order valence-electron chi connectivity index (χ3n) is 1.99. The highest BCUT2D eigenvalue weighted by Gasteiger charge is 2.03. The summed E-state index contributed by atoms with van der Waals surface area (Å²) in [5, 5.41) is 0.636. The van der Waals surface area contributed by atoms with E-state index in [4.69, 9.17) is 12.2 Å². The summed E-state index contributed by atoms with van der Waals surface area (Å²) in [6, 6.07) is 3.63. The summed E-state index contributed by atoms with van der Waals surface area (Å²) < 4.78 is 2.03. The van der Waals surface area contributed by atoms with Crippen LogP contribution < -0.4 is 5.56 Å².